The van der Waals surface area contributed by atoms with Gasteiger partial charge in [0.1, 0.15) is 18.1 Å². The fourth-order valence-corrected chi connectivity index (χ4v) is 2.49. The van der Waals surface area contributed by atoms with Crippen LogP contribution >= 0.6 is 0 Å². The number of hydrogen-bond acceptors (Lipinski definition) is 8. The first-order valence-corrected chi connectivity index (χ1v) is 10.3. The Balaban J connectivity index is 0. The number of hydrogen-bond donors (Lipinski definition) is 9. The van der Waals surface area contributed by atoms with Crippen LogP contribution in [0.4, 0.5) is 0 Å². The van der Waals surface area contributed by atoms with Crippen molar-refractivity contribution in [2.75, 3.05) is 13.1 Å². The van der Waals surface area contributed by atoms with Crippen LogP contribution in [0.1, 0.15) is 31.2 Å². The highest BCUT2D eigenvalue weighted by Crippen LogP contribution is 2.03. The van der Waals surface area contributed by atoms with Crippen molar-refractivity contribution in [1.82, 2.24) is 5.32 Å². The van der Waals surface area contributed by atoms with Crippen LogP contribution in [-0.4, -0.2) is 83.5 Å². The van der Waals surface area contributed by atoms with E-state index < -0.39 is 30.0 Å². The second-order valence-electron chi connectivity index (χ2n) is 7.02. The van der Waals surface area contributed by atoms with Crippen molar-refractivity contribution >= 4 is 31.9 Å². The molecule has 1 saturated heterocycles. The average molecular weight is 482 g/mol. The summed E-state index contributed by atoms with van der Waals surface area (Å²) in [5.74, 6) is -2.67. The maximum absolute atomic E-state index is 10.4. The third-order valence-corrected chi connectivity index (χ3v) is 4.26. The summed E-state index contributed by atoms with van der Waals surface area (Å²) in [5, 5.41) is 34.6. The smallest absolute Gasteiger partial charge is 0.320 e. The van der Waals surface area contributed by atoms with E-state index in [1.165, 1.54) is 0 Å². The van der Waals surface area contributed by atoms with E-state index in [9.17, 15) is 14.4 Å². The molecule has 1 aromatic carbocycles. The number of aliphatic imine (C=N–C) groups is 1. The second-order valence-corrected chi connectivity index (χ2v) is 7.02. The van der Waals surface area contributed by atoms with Gasteiger partial charge in [0.05, 0.1) is 0 Å². The summed E-state index contributed by atoms with van der Waals surface area (Å²) in [4.78, 5) is 34.4. The van der Waals surface area contributed by atoms with Crippen molar-refractivity contribution in [2.24, 2.45) is 27.9 Å². The molecule has 190 valence electrons. The number of carboxylic acid groups (broad SMARTS) is 3. The van der Waals surface area contributed by atoms with Gasteiger partial charge in [-0.1, -0.05) is 30.3 Å². The standard InChI is InChI=1S/C9H11NO2.C6H14N4O2.C5H9NO2.BHO/c10-8(9(11)12)6-7-4-2-1-3-5-7;7-4(5(11)12)2-1-3-10-6(8)9;7-5(8)4-2-1-3-6-4;1-2/h1-5,8H,6,10H2,(H,11,12);4H,1-3,7H2,(H,11,12)(H4,8,9,10);4,6H,1-3H2,(H,7,8);2H/t;;4-;/m..0./s1. The Bertz CT molecular complexity index is 729. The van der Waals surface area contributed by atoms with Crippen molar-refractivity contribution < 1.29 is 34.7 Å². The lowest BCUT2D eigenvalue weighted by Gasteiger charge is -2.04. The van der Waals surface area contributed by atoms with Crippen LogP contribution in [0, 0.1) is 0 Å². The van der Waals surface area contributed by atoms with Crippen LogP contribution in [0.2, 0.25) is 0 Å². The normalized spacial score (nSPS) is 15.4. The number of carbonyl (C=O) groups is 3. The van der Waals surface area contributed by atoms with E-state index in [-0.39, 0.29) is 12.0 Å². The van der Waals surface area contributed by atoms with Crippen molar-refractivity contribution in [3.63, 3.8) is 0 Å². The number of nitrogens with one attached hydrogen (secondary N) is 1. The molecule has 2 rings (SSSR count). The average Bonchev–Trinajstić information content (AvgIpc) is 3.35. The molecule has 3 atom stereocenters. The molecule has 2 radical (unpaired) electrons. The summed E-state index contributed by atoms with van der Waals surface area (Å²) < 4.78 is 0. The van der Waals surface area contributed by atoms with Gasteiger partial charge in [-0.25, -0.2) is 0 Å². The lowest BCUT2D eigenvalue weighted by atomic mass is 10.1. The summed E-state index contributed by atoms with van der Waals surface area (Å²) in [6, 6.07) is 7.46. The van der Waals surface area contributed by atoms with Crippen LogP contribution in [0.5, 0.6) is 0 Å². The van der Waals surface area contributed by atoms with Crippen molar-refractivity contribution in [2.45, 2.75) is 50.2 Å². The predicted molar refractivity (Wildman–Crippen MR) is 128 cm³/mol. The van der Waals surface area contributed by atoms with Crippen LogP contribution in [0.3, 0.4) is 0 Å². The van der Waals surface area contributed by atoms with Gasteiger partial charge < -0.3 is 48.6 Å². The van der Waals surface area contributed by atoms with E-state index in [0.717, 1.165) is 24.9 Å². The topological polar surface area (TPSA) is 261 Å². The molecule has 13 nitrogen and oxygen atoms in total. The molecule has 1 heterocycles. The molecule has 0 aromatic heterocycles. The van der Waals surface area contributed by atoms with E-state index in [2.05, 4.69) is 18.4 Å². The lowest BCUT2D eigenvalue weighted by molar-refractivity contribution is -0.139. The van der Waals surface area contributed by atoms with E-state index in [1.807, 2.05) is 30.3 Å². The zero-order chi connectivity index (χ0) is 26.5. The van der Waals surface area contributed by atoms with Crippen LogP contribution in [0.25, 0.3) is 0 Å². The minimum Gasteiger partial charge on any atom is -0.480 e. The summed E-state index contributed by atoms with van der Waals surface area (Å²) >= 11 is 0. The molecule has 1 aromatic rings. The molecule has 0 saturated carbocycles. The molecular weight excluding hydrogens is 447 g/mol. The Kier molecular flexibility index (Phi) is 19.8. The number of guanidine groups is 1. The van der Waals surface area contributed by atoms with E-state index in [0.29, 0.717) is 25.8 Å². The maximum Gasteiger partial charge on any atom is 0.320 e. The quantitative estimate of drug-likeness (QED) is 0.0799. The Labute approximate surface area is 199 Å². The van der Waals surface area contributed by atoms with Gasteiger partial charge in [0.25, 0.3) is 8.05 Å². The molecule has 0 aliphatic carbocycles. The van der Waals surface area contributed by atoms with Gasteiger partial charge in [-0.2, -0.15) is 0 Å². The van der Waals surface area contributed by atoms with Crippen LogP contribution < -0.4 is 28.3 Å². The number of benzene rings is 1. The third kappa shape index (κ3) is 18.4. The van der Waals surface area contributed by atoms with Crippen molar-refractivity contribution in [1.29, 1.82) is 0 Å². The summed E-state index contributed by atoms with van der Waals surface area (Å²) in [5.41, 5.74) is 21.6. The molecule has 1 aliphatic rings. The highest BCUT2D eigenvalue weighted by molar-refractivity contribution is 5.95. The zero-order valence-corrected chi connectivity index (χ0v) is 18.9. The molecule has 0 spiro atoms. The van der Waals surface area contributed by atoms with Gasteiger partial charge in [0, 0.05) is 6.54 Å². The monoisotopic (exact) mass is 482 g/mol. The Morgan fingerprint density at radius 2 is 1.59 bits per heavy atom. The fourth-order valence-electron chi connectivity index (χ4n) is 2.49. The Morgan fingerprint density at radius 1 is 1.03 bits per heavy atom. The first-order chi connectivity index (χ1) is 16.0. The zero-order valence-electron chi connectivity index (χ0n) is 18.9. The number of carboxylic acids is 3. The number of aliphatic carboxylic acids is 3. The minimum absolute atomic E-state index is 0.0129. The lowest BCUT2D eigenvalue weighted by Crippen LogP contribution is -2.32. The van der Waals surface area contributed by atoms with Gasteiger partial charge in [0.2, 0.25) is 0 Å². The first-order valence-electron chi connectivity index (χ1n) is 10.3. The largest absolute Gasteiger partial charge is 0.480 e. The van der Waals surface area contributed by atoms with E-state index in [1.54, 1.807) is 0 Å². The molecule has 2 unspecified atom stereocenters. The molecular formula is C20H35BN6O7. The van der Waals surface area contributed by atoms with Crippen LogP contribution in [-0.2, 0) is 20.8 Å². The summed E-state index contributed by atoms with van der Waals surface area (Å²) in [6.45, 7) is 1.28. The Morgan fingerprint density at radius 3 is 1.97 bits per heavy atom. The van der Waals surface area contributed by atoms with Gasteiger partial charge in [0.15, 0.2) is 5.96 Å². The summed E-state index contributed by atoms with van der Waals surface area (Å²) in [6.07, 6.45) is 3.12. The number of rotatable bonds is 9. The molecule has 1 aliphatic heterocycles. The molecule has 0 bridgehead atoms. The highest BCUT2D eigenvalue weighted by atomic mass is 16.4. The predicted octanol–water partition coefficient (Wildman–Crippen LogP) is -2.02. The summed E-state index contributed by atoms with van der Waals surface area (Å²) in [7, 11) is 3.50. The maximum atomic E-state index is 10.4. The molecule has 1 fully saturated rings. The third-order valence-electron chi connectivity index (χ3n) is 4.26. The Hall–Kier alpha value is -3.20. The SMILES string of the molecule is NC(Cc1ccccc1)C(=O)O.NC(N)=NCCCC(N)C(=O)O.O=C(O)[C@@H]1CCCN1.[B]O. The van der Waals surface area contributed by atoms with E-state index >= 15 is 0 Å². The fraction of sp³-hybridized carbons (Fsp3) is 0.500. The molecule has 14 heteroatoms. The number of nitrogens with zero attached hydrogens (tertiary/aromatic N) is 1. The van der Waals surface area contributed by atoms with Gasteiger partial charge in [-0.3, -0.25) is 19.4 Å². The molecule has 0 amide bonds. The van der Waals surface area contributed by atoms with Gasteiger partial charge in [-0.05, 0) is 44.2 Å². The van der Waals surface area contributed by atoms with Gasteiger partial charge in [-0.15, -0.1) is 0 Å². The van der Waals surface area contributed by atoms with Crippen LogP contribution in [0.15, 0.2) is 35.3 Å². The van der Waals surface area contributed by atoms with Crippen molar-refractivity contribution in [3.05, 3.63) is 35.9 Å². The molecule has 13 N–H and O–H groups in total. The second kappa shape index (κ2) is 20.4. The van der Waals surface area contributed by atoms with Gasteiger partial charge >= 0.3 is 17.9 Å². The first kappa shape index (κ1) is 33.0. The minimum atomic E-state index is -1.00. The molecule has 34 heavy (non-hydrogen) atoms. The van der Waals surface area contributed by atoms with Crippen molar-refractivity contribution in [3.8, 4) is 0 Å². The van der Waals surface area contributed by atoms with E-state index in [4.69, 9.17) is 43.3 Å². The number of nitrogens with two attached hydrogens (primary N) is 4. The highest BCUT2D eigenvalue weighted by Gasteiger charge is 2.20.